The molecular weight excluding hydrogens is 341 g/mol. The van der Waals surface area contributed by atoms with E-state index in [1.54, 1.807) is 0 Å². The summed E-state index contributed by atoms with van der Waals surface area (Å²) in [5, 5.41) is 4.08. The lowest BCUT2D eigenvalue weighted by molar-refractivity contribution is 0.0967. The normalized spacial score (nSPS) is 13.1. The summed E-state index contributed by atoms with van der Waals surface area (Å²) in [6.45, 7) is 0. The van der Waals surface area contributed by atoms with E-state index in [2.05, 4.69) is 33.4 Å². The third kappa shape index (κ3) is 3.24. The molecule has 0 saturated heterocycles. The van der Waals surface area contributed by atoms with Crippen LogP contribution in [0.5, 0.6) is 0 Å². The number of aromatic nitrogens is 1. The number of carbonyl (C=O) groups is 1. The van der Waals surface area contributed by atoms with Gasteiger partial charge in [0.25, 0.3) is 5.91 Å². The van der Waals surface area contributed by atoms with Crippen molar-refractivity contribution in [2.75, 3.05) is 19.0 Å². The molecule has 0 spiro atoms. The van der Waals surface area contributed by atoms with Gasteiger partial charge in [0.05, 0.1) is 11.2 Å². The summed E-state index contributed by atoms with van der Waals surface area (Å²) >= 11 is 0. The Kier molecular flexibility index (Phi) is 4.28. The number of carbonyl (C=O) groups excluding carboxylic acids is 1. The number of H-pyrrole nitrogens is 1. The van der Waals surface area contributed by atoms with Crippen LogP contribution in [0.2, 0.25) is 0 Å². The Hall–Kier alpha value is -3.34. The minimum absolute atomic E-state index is 0.264. The molecule has 1 aromatic heterocycles. The number of para-hydroxylation sites is 1. The van der Waals surface area contributed by atoms with E-state index in [1.807, 2.05) is 32.3 Å². The fourth-order valence-electron chi connectivity index (χ4n) is 3.38. The van der Waals surface area contributed by atoms with Crippen LogP contribution >= 0.6 is 0 Å². The number of rotatable bonds is 3. The van der Waals surface area contributed by atoms with Gasteiger partial charge in [0.15, 0.2) is 0 Å². The summed E-state index contributed by atoms with van der Waals surface area (Å²) < 4.78 is 13.1. The first kappa shape index (κ1) is 17.1. The topological polar surface area (TPSA) is 48.1 Å². The number of benzene rings is 2. The molecule has 0 fully saturated rings. The van der Waals surface area contributed by atoms with Crippen molar-refractivity contribution >= 4 is 28.6 Å². The summed E-state index contributed by atoms with van der Waals surface area (Å²) in [4.78, 5) is 18.0. The van der Waals surface area contributed by atoms with Gasteiger partial charge in [-0.25, -0.2) is 4.39 Å². The molecule has 0 atom stereocenters. The van der Waals surface area contributed by atoms with Crippen LogP contribution < -0.4 is 10.2 Å². The first-order valence-electron chi connectivity index (χ1n) is 8.79. The average molecular weight is 361 g/mol. The maximum Gasteiger partial charge on any atom is 0.255 e. The Bertz CT molecular complexity index is 1070. The summed E-state index contributed by atoms with van der Waals surface area (Å²) in [6, 6.07) is 11.8. The Labute approximate surface area is 157 Å². The van der Waals surface area contributed by atoms with Crippen molar-refractivity contribution in [3.8, 4) is 0 Å². The van der Waals surface area contributed by atoms with Crippen molar-refractivity contribution in [2.45, 2.75) is 6.42 Å². The number of hydrogen-bond acceptors (Lipinski definition) is 2. The molecule has 1 aliphatic carbocycles. The zero-order valence-electron chi connectivity index (χ0n) is 15.2. The maximum atomic E-state index is 13.1. The minimum Gasteiger partial charge on any atom is -0.376 e. The highest BCUT2D eigenvalue weighted by atomic mass is 19.1. The average Bonchev–Trinajstić information content (AvgIpc) is 2.87. The molecule has 0 unspecified atom stereocenters. The van der Waals surface area contributed by atoms with E-state index in [4.69, 9.17) is 0 Å². The van der Waals surface area contributed by atoms with Crippen LogP contribution in [0.25, 0.3) is 17.0 Å². The molecule has 0 aliphatic heterocycles. The van der Waals surface area contributed by atoms with Crippen molar-refractivity contribution < 1.29 is 9.18 Å². The van der Waals surface area contributed by atoms with Crippen LogP contribution in [0, 0.1) is 5.82 Å². The van der Waals surface area contributed by atoms with Gasteiger partial charge in [0.1, 0.15) is 5.82 Å². The Morgan fingerprint density at radius 3 is 2.67 bits per heavy atom. The summed E-state index contributed by atoms with van der Waals surface area (Å²) in [6.07, 6.45) is 6.66. The molecule has 4 nitrogen and oxygen atoms in total. The van der Waals surface area contributed by atoms with Crippen LogP contribution in [-0.2, 0) is 6.42 Å². The van der Waals surface area contributed by atoms with Crippen molar-refractivity contribution in [1.82, 2.24) is 10.3 Å². The third-order valence-electron chi connectivity index (χ3n) is 4.72. The van der Waals surface area contributed by atoms with E-state index < -0.39 is 0 Å². The number of anilines is 1. The molecular formula is C22H20FN3O. The van der Waals surface area contributed by atoms with Gasteiger partial charge in [-0.2, -0.15) is 0 Å². The predicted octanol–water partition coefficient (Wildman–Crippen LogP) is 4.26. The van der Waals surface area contributed by atoms with Gasteiger partial charge in [0.2, 0.25) is 0 Å². The number of hydrogen-bond donors (Lipinski definition) is 2. The van der Waals surface area contributed by atoms with E-state index >= 15 is 0 Å². The molecule has 0 bridgehead atoms. The molecule has 1 aliphatic rings. The van der Waals surface area contributed by atoms with Gasteiger partial charge >= 0.3 is 0 Å². The minimum atomic E-state index is -0.362. The highest BCUT2D eigenvalue weighted by molar-refractivity contribution is 5.98. The van der Waals surface area contributed by atoms with E-state index in [9.17, 15) is 9.18 Å². The molecule has 2 N–H and O–H groups in total. The zero-order chi connectivity index (χ0) is 19.0. The fraction of sp³-hybridized carbons (Fsp3) is 0.136. The monoisotopic (exact) mass is 361 g/mol. The lowest BCUT2D eigenvalue weighted by atomic mass is 10.1. The second-order valence-corrected chi connectivity index (χ2v) is 6.78. The first-order valence-corrected chi connectivity index (χ1v) is 8.79. The van der Waals surface area contributed by atoms with Crippen LogP contribution in [-0.4, -0.2) is 25.0 Å². The SMILES string of the molecule is CN(C)c1cccc2c3c([nH]c12)C=C(NC(=O)c1ccc(F)cc1)C=CC3. The van der Waals surface area contributed by atoms with Gasteiger partial charge < -0.3 is 15.2 Å². The van der Waals surface area contributed by atoms with Crippen molar-refractivity contribution in [2.24, 2.45) is 0 Å². The third-order valence-corrected chi connectivity index (χ3v) is 4.72. The van der Waals surface area contributed by atoms with Crippen molar-refractivity contribution in [3.63, 3.8) is 0 Å². The van der Waals surface area contributed by atoms with Gasteiger partial charge in [0, 0.05) is 36.4 Å². The highest BCUT2D eigenvalue weighted by Gasteiger charge is 2.16. The van der Waals surface area contributed by atoms with Crippen molar-refractivity contribution in [3.05, 3.63) is 83.0 Å². The molecule has 136 valence electrons. The molecule has 4 rings (SSSR count). The number of nitrogens with one attached hydrogen (secondary N) is 2. The Balaban J connectivity index is 1.69. The number of amides is 1. The maximum absolute atomic E-state index is 13.1. The molecule has 5 heteroatoms. The quantitative estimate of drug-likeness (QED) is 0.732. The van der Waals surface area contributed by atoms with Crippen LogP contribution in [0.15, 0.2) is 60.3 Å². The van der Waals surface area contributed by atoms with Gasteiger partial charge in [-0.3, -0.25) is 4.79 Å². The smallest absolute Gasteiger partial charge is 0.255 e. The lowest BCUT2D eigenvalue weighted by Gasteiger charge is -2.13. The molecule has 0 saturated carbocycles. The number of allylic oxidation sites excluding steroid dienone is 2. The number of aromatic amines is 1. The van der Waals surface area contributed by atoms with E-state index in [1.165, 1.54) is 35.2 Å². The standard InChI is InChI=1S/C22H20FN3O/c1-26(2)20-8-4-7-18-17-6-3-5-16(13-19(17)25-21(18)20)24-22(27)14-9-11-15(23)12-10-14/h3-5,7-13,25H,6H2,1-2H3,(H,24,27). The molecule has 1 amide bonds. The van der Waals surface area contributed by atoms with Gasteiger partial charge in [-0.05, 0) is 54.5 Å². The van der Waals surface area contributed by atoms with Gasteiger partial charge in [-0.15, -0.1) is 0 Å². The summed E-state index contributed by atoms with van der Waals surface area (Å²) in [5.74, 6) is -0.626. The van der Waals surface area contributed by atoms with E-state index in [-0.39, 0.29) is 11.7 Å². The molecule has 1 heterocycles. The number of nitrogens with zero attached hydrogens (tertiary/aromatic N) is 1. The lowest BCUT2D eigenvalue weighted by Crippen LogP contribution is -2.21. The number of halogens is 1. The van der Waals surface area contributed by atoms with Crippen molar-refractivity contribution in [1.29, 1.82) is 0 Å². The molecule has 2 aromatic carbocycles. The summed E-state index contributed by atoms with van der Waals surface area (Å²) in [5.41, 5.74) is 5.51. The fourth-order valence-corrected chi connectivity index (χ4v) is 3.38. The zero-order valence-corrected chi connectivity index (χ0v) is 15.2. The van der Waals surface area contributed by atoms with E-state index in [0.717, 1.165) is 23.3 Å². The second-order valence-electron chi connectivity index (χ2n) is 6.78. The molecule has 3 aromatic rings. The first-order chi connectivity index (χ1) is 13.0. The van der Waals surface area contributed by atoms with E-state index in [0.29, 0.717) is 11.3 Å². The van der Waals surface area contributed by atoms with Crippen LogP contribution in [0.4, 0.5) is 10.1 Å². The summed E-state index contributed by atoms with van der Waals surface area (Å²) in [7, 11) is 4.04. The molecule has 0 radical (unpaired) electrons. The Morgan fingerprint density at radius 2 is 1.93 bits per heavy atom. The second kappa shape index (κ2) is 6.76. The largest absolute Gasteiger partial charge is 0.376 e. The molecule has 27 heavy (non-hydrogen) atoms. The van der Waals surface area contributed by atoms with Crippen LogP contribution in [0.3, 0.4) is 0 Å². The van der Waals surface area contributed by atoms with Crippen LogP contribution in [0.1, 0.15) is 21.6 Å². The number of fused-ring (bicyclic) bond motifs is 3. The van der Waals surface area contributed by atoms with Gasteiger partial charge in [-0.1, -0.05) is 18.2 Å². The predicted molar refractivity (Wildman–Crippen MR) is 107 cm³/mol. The highest BCUT2D eigenvalue weighted by Crippen LogP contribution is 2.32. The Morgan fingerprint density at radius 1 is 1.15 bits per heavy atom.